The molecule has 1 saturated heterocycles. The van der Waals surface area contributed by atoms with E-state index in [2.05, 4.69) is 16.3 Å². The zero-order valence-electron chi connectivity index (χ0n) is 17.3. The lowest BCUT2D eigenvalue weighted by Gasteiger charge is -2.35. The second-order valence-electron chi connectivity index (χ2n) is 7.70. The number of benzene rings is 1. The number of rotatable bonds is 7. The minimum Gasteiger partial charge on any atom is -0.467 e. The van der Waals surface area contributed by atoms with E-state index in [9.17, 15) is 18.0 Å². The van der Waals surface area contributed by atoms with Crippen molar-refractivity contribution in [3.63, 3.8) is 0 Å². The Morgan fingerprint density at radius 2 is 2.00 bits per heavy atom. The molecule has 0 aliphatic carbocycles. The van der Waals surface area contributed by atoms with Crippen LogP contribution >= 0.6 is 11.3 Å². The average Bonchev–Trinajstić information content (AvgIpc) is 3.47. The molecule has 3 aromatic rings. The van der Waals surface area contributed by atoms with Gasteiger partial charge in [-0.15, -0.1) is 0 Å². The molecule has 1 amide bonds. The zero-order chi connectivity index (χ0) is 22.6. The van der Waals surface area contributed by atoms with Gasteiger partial charge in [0.25, 0.3) is 5.91 Å². The molecule has 1 aliphatic heterocycles. The molecule has 1 aromatic carbocycles. The van der Waals surface area contributed by atoms with Crippen molar-refractivity contribution in [2.75, 3.05) is 26.2 Å². The molecule has 9 heteroatoms. The van der Waals surface area contributed by atoms with Crippen LogP contribution in [0.2, 0.25) is 0 Å². The van der Waals surface area contributed by atoms with Crippen LogP contribution in [0.5, 0.6) is 0 Å². The lowest BCUT2D eigenvalue weighted by atomic mass is 10.1. The number of ether oxygens (including phenoxy) is 1. The van der Waals surface area contributed by atoms with Gasteiger partial charge in [-0.25, -0.2) is 0 Å². The summed E-state index contributed by atoms with van der Waals surface area (Å²) in [6.07, 6.45) is -3.14. The topological polar surface area (TPSA) is 45.9 Å². The van der Waals surface area contributed by atoms with Crippen LogP contribution < -0.4 is 0 Å². The first-order chi connectivity index (χ1) is 15.4. The van der Waals surface area contributed by atoms with Gasteiger partial charge in [-0.05, 0) is 58.8 Å². The molecular weight excluding hydrogens is 441 g/mol. The second kappa shape index (κ2) is 9.89. The molecule has 5 nitrogen and oxygen atoms in total. The van der Waals surface area contributed by atoms with Crippen LogP contribution in [0, 0.1) is 0 Å². The van der Waals surface area contributed by atoms with E-state index in [4.69, 9.17) is 9.15 Å². The number of carbonyl (C=O) groups excluding carboxylic acids is 1. The molecule has 32 heavy (non-hydrogen) atoms. The van der Waals surface area contributed by atoms with Gasteiger partial charge < -0.3 is 14.1 Å². The molecule has 0 spiro atoms. The number of thiophene rings is 1. The van der Waals surface area contributed by atoms with E-state index in [-0.39, 0.29) is 24.1 Å². The van der Waals surface area contributed by atoms with E-state index < -0.39 is 11.7 Å². The maximum absolute atomic E-state index is 13.2. The third-order valence-corrected chi connectivity index (χ3v) is 6.04. The minimum atomic E-state index is -4.45. The Hall–Kier alpha value is -2.62. The molecule has 0 bridgehead atoms. The first-order valence-electron chi connectivity index (χ1n) is 10.2. The van der Waals surface area contributed by atoms with Crippen molar-refractivity contribution in [2.45, 2.75) is 25.4 Å². The summed E-state index contributed by atoms with van der Waals surface area (Å²) in [5.41, 5.74) is 0.644. The van der Waals surface area contributed by atoms with Crippen LogP contribution in [0.15, 0.2) is 63.9 Å². The average molecular weight is 465 g/mol. The summed E-state index contributed by atoms with van der Waals surface area (Å²) in [5.74, 6) is 0.227. The van der Waals surface area contributed by atoms with Gasteiger partial charge in [0.1, 0.15) is 5.76 Å². The zero-order valence-corrected chi connectivity index (χ0v) is 18.1. The van der Waals surface area contributed by atoms with Gasteiger partial charge in [0.05, 0.1) is 31.1 Å². The number of furan rings is 1. The van der Waals surface area contributed by atoms with Crippen LogP contribution in [-0.4, -0.2) is 48.1 Å². The predicted octanol–water partition coefficient (Wildman–Crippen LogP) is 4.90. The van der Waals surface area contributed by atoms with Gasteiger partial charge >= 0.3 is 6.18 Å². The molecule has 1 atom stereocenters. The largest absolute Gasteiger partial charge is 0.467 e. The fourth-order valence-electron chi connectivity index (χ4n) is 3.72. The van der Waals surface area contributed by atoms with Gasteiger partial charge in [0.15, 0.2) is 0 Å². The standard InChI is InChI=1S/C23H23F3N2O3S/c24-23(25,26)19-5-3-18(4-6-19)22(29)28(14-20-2-1-9-30-20)15-21-13-27(8-10-31-21)12-17-7-11-32-16-17/h1-7,9,11,16,21H,8,10,12-15H2. The Kier molecular flexibility index (Phi) is 6.98. The fraction of sp³-hybridized carbons (Fsp3) is 0.348. The van der Waals surface area contributed by atoms with Crippen molar-refractivity contribution in [1.82, 2.24) is 9.80 Å². The van der Waals surface area contributed by atoms with Gasteiger partial charge in [-0.2, -0.15) is 24.5 Å². The smallest absolute Gasteiger partial charge is 0.416 e. The lowest BCUT2D eigenvalue weighted by Crippen LogP contribution is -2.48. The molecule has 1 aliphatic rings. The van der Waals surface area contributed by atoms with E-state index >= 15 is 0 Å². The molecule has 170 valence electrons. The molecule has 1 fully saturated rings. The Bertz CT molecular complexity index is 989. The fourth-order valence-corrected chi connectivity index (χ4v) is 4.38. The summed E-state index contributed by atoms with van der Waals surface area (Å²) in [6, 6.07) is 9.87. The quantitative estimate of drug-likeness (QED) is 0.499. The number of hydrogen-bond donors (Lipinski definition) is 0. The van der Waals surface area contributed by atoms with Gasteiger partial charge in [-0.3, -0.25) is 9.69 Å². The van der Waals surface area contributed by atoms with Gasteiger partial charge in [0, 0.05) is 31.7 Å². The van der Waals surface area contributed by atoms with Gasteiger partial charge in [0.2, 0.25) is 0 Å². The van der Waals surface area contributed by atoms with Crippen molar-refractivity contribution in [3.8, 4) is 0 Å². The highest BCUT2D eigenvalue weighted by Crippen LogP contribution is 2.29. The maximum Gasteiger partial charge on any atom is 0.416 e. The number of amides is 1. The Morgan fingerprint density at radius 1 is 1.19 bits per heavy atom. The van der Waals surface area contributed by atoms with Crippen molar-refractivity contribution in [2.24, 2.45) is 0 Å². The molecular formula is C23H23F3N2O3S. The summed E-state index contributed by atoms with van der Waals surface area (Å²) < 4.78 is 50.0. The van der Waals surface area contributed by atoms with Crippen LogP contribution in [0.25, 0.3) is 0 Å². The van der Waals surface area contributed by atoms with Crippen molar-refractivity contribution < 1.29 is 27.1 Å². The number of carbonyl (C=O) groups is 1. The minimum absolute atomic E-state index is 0.190. The SMILES string of the molecule is O=C(c1ccc(C(F)(F)F)cc1)N(Cc1ccco1)CC1CN(Cc2ccsc2)CCO1. The Morgan fingerprint density at radius 3 is 2.66 bits per heavy atom. The highest BCUT2D eigenvalue weighted by Gasteiger charge is 2.31. The second-order valence-corrected chi connectivity index (χ2v) is 8.48. The number of halogens is 3. The third-order valence-electron chi connectivity index (χ3n) is 5.31. The number of morpholine rings is 1. The molecule has 1 unspecified atom stereocenters. The molecule has 0 saturated carbocycles. The predicted molar refractivity (Wildman–Crippen MR) is 114 cm³/mol. The first kappa shape index (κ1) is 22.6. The maximum atomic E-state index is 13.2. The van der Waals surface area contributed by atoms with E-state index in [1.54, 1.807) is 28.4 Å². The molecule has 0 radical (unpaired) electrons. The number of hydrogen-bond acceptors (Lipinski definition) is 5. The Labute approximate surface area is 188 Å². The lowest BCUT2D eigenvalue weighted by molar-refractivity contribution is -0.137. The number of nitrogens with zero attached hydrogens (tertiary/aromatic N) is 2. The Balaban J connectivity index is 1.47. The molecule has 2 aromatic heterocycles. The normalized spacial score (nSPS) is 17.4. The highest BCUT2D eigenvalue weighted by molar-refractivity contribution is 7.07. The number of alkyl halides is 3. The van der Waals surface area contributed by atoms with Crippen molar-refractivity contribution in [1.29, 1.82) is 0 Å². The van der Waals surface area contributed by atoms with E-state index in [1.165, 1.54) is 24.0 Å². The van der Waals surface area contributed by atoms with Crippen LogP contribution in [-0.2, 0) is 24.0 Å². The summed E-state index contributed by atoms with van der Waals surface area (Å²) >= 11 is 1.65. The van der Waals surface area contributed by atoms with Crippen LogP contribution in [0.3, 0.4) is 0 Å². The van der Waals surface area contributed by atoms with Gasteiger partial charge in [-0.1, -0.05) is 0 Å². The monoisotopic (exact) mass is 464 g/mol. The van der Waals surface area contributed by atoms with Crippen molar-refractivity contribution in [3.05, 3.63) is 81.9 Å². The summed E-state index contributed by atoms with van der Waals surface area (Å²) in [6.45, 7) is 3.34. The highest BCUT2D eigenvalue weighted by atomic mass is 32.1. The van der Waals surface area contributed by atoms with E-state index in [0.717, 1.165) is 25.2 Å². The molecule has 4 rings (SSSR count). The summed E-state index contributed by atoms with van der Waals surface area (Å²) in [4.78, 5) is 17.0. The van der Waals surface area contributed by atoms with Crippen molar-refractivity contribution >= 4 is 17.2 Å². The summed E-state index contributed by atoms with van der Waals surface area (Å²) in [5, 5.41) is 4.16. The molecule has 0 N–H and O–H groups in total. The third kappa shape index (κ3) is 5.79. The first-order valence-corrected chi connectivity index (χ1v) is 11.2. The van der Waals surface area contributed by atoms with E-state index in [1.807, 2.05) is 5.38 Å². The van der Waals surface area contributed by atoms with Crippen LogP contribution in [0.4, 0.5) is 13.2 Å². The summed E-state index contributed by atoms with van der Waals surface area (Å²) in [7, 11) is 0. The van der Waals surface area contributed by atoms with Crippen LogP contribution in [0.1, 0.15) is 27.2 Å². The van der Waals surface area contributed by atoms with E-state index in [0.29, 0.717) is 25.5 Å². The molecule has 3 heterocycles.